The number of β-amino-alcohol motifs (C(OH)–C–C–N with tert-alkyl or cyclic N) is 1. The molecule has 0 aliphatic carbocycles. The second-order valence-electron chi connectivity index (χ2n) is 6.69. The van der Waals surface area contributed by atoms with Crippen molar-refractivity contribution < 1.29 is 9.90 Å². The summed E-state index contributed by atoms with van der Waals surface area (Å²) < 4.78 is 1.86. The minimum Gasteiger partial charge on any atom is -0.391 e. The van der Waals surface area contributed by atoms with Gasteiger partial charge in [0, 0.05) is 50.8 Å². The molecule has 8 heteroatoms. The van der Waals surface area contributed by atoms with E-state index in [0.29, 0.717) is 36.2 Å². The third-order valence-electron chi connectivity index (χ3n) is 4.99. The SMILES string of the molecule is Cc1nc2c(C(=O)N3C[C@@H](Cc4cnccn4)[C@H](O)C3)ccnc2n1C. The molecular weight excluding hydrogens is 332 g/mol. The Hall–Kier alpha value is -2.87. The van der Waals surface area contributed by atoms with E-state index in [1.54, 1.807) is 35.8 Å². The Kier molecular flexibility index (Phi) is 4.12. The van der Waals surface area contributed by atoms with Crippen LogP contribution >= 0.6 is 0 Å². The van der Waals surface area contributed by atoms with Crippen molar-refractivity contribution in [2.75, 3.05) is 13.1 Å². The second-order valence-corrected chi connectivity index (χ2v) is 6.69. The molecule has 4 heterocycles. The number of rotatable bonds is 3. The van der Waals surface area contributed by atoms with Crippen LogP contribution in [0.2, 0.25) is 0 Å². The summed E-state index contributed by atoms with van der Waals surface area (Å²) in [6, 6.07) is 1.69. The summed E-state index contributed by atoms with van der Waals surface area (Å²) in [5.41, 5.74) is 2.62. The molecule has 0 radical (unpaired) electrons. The zero-order valence-electron chi connectivity index (χ0n) is 14.7. The molecule has 1 fully saturated rings. The quantitative estimate of drug-likeness (QED) is 0.747. The van der Waals surface area contributed by atoms with E-state index in [2.05, 4.69) is 19.9 Å². The number of carbonyl (C=O) groups excluding carboxylic acids is 1. The fraction of sp³-hybridized carbons (Fsp3) is 0.389. The highest BCUT2D eigenvalue weighted by atomic mass is 16.3. The van der Waals surface area contributed by atoms with Crippen LogP contribution in [0.25, 0.3) is 11.2 Å². The van der Waals surface area contributed by atoms with Gasteiger partial charge in [-0.2, -0.15) is 0 Å². The van der Waals surface area contributed by atoms with E-state index in [1.165, 1.54) is 0 Å². The molecule has 8 nitrogen and oxygen atoms in total. The lowest BCUT2D eigenvalue weighted by atomic mass is 10.0. The molecule has 134 valence electrons. The molecule has 0 bridgehead atoms. The highest BCUT2D eigenvalue weighted by molar-refractivity contribution is 6.04. The van der Waals surface area contributed by atoms with Gasteiger partial charge in [-0.1, -0.05) is 0 Å². The van der Waals surface area contributed by atoms with Crippen molar-refractivity contribution in [3.63, 3.8) is 0 Å². The molecule has 0 saturated carbocycles. The topological polar surface area (TPSA) is 97.0 Å². The second kappa shape index (κ2) is 6.45. The summed E-state index contributed by atoms with van der Waals surface area (Å²) in [4.78, 5) is 31.8. The number of aliphatic hydroxyl groups excluding tert-OH is 1. The Morgan fingerprint density at radius 3 is 2.88 bits per heavy atom. The third-order valence-corrected chi connectivity index (χ3v) is 4.99. The van der Waals surface area contributed by atoms with Crippen LogP contribution in [0, 0.1) is 12.8 Å². The first-order valence-corrected chi connectivity index (χ1v) is 8.55. The summed E-state index contributed by atoms with van der Waals surface area (Å²) >= 11 is 0. The Labute approximate surface area is 150 Å². The van der Waals surface area contributed by atoms with Gasteiger partial charge in [0.05, 0.1) is 17.4 Å². The van der Waals surface area contributed by atoms with Gasteiger partial charge in [-0.3, -0.25) is 14.8 Å². The van der Waals surface area contributed by atoms with E-state index in [9.17, 15) is 9.90 Å². The van der Waals surface area contributed by atoms with Crippen molar-refractivity contribution in [3.8, 4) is 0 Å². The van der Waals surface area contributed by atoms with Crippen LogP contribution in [0.5, 0.6) is 0 Å². The van der Waals surface area contributed by atoms with Crippen molar-refractivity contribution >= 4 is 17.1 Å². The highest BCUT2D eigenvalue weighted by Crippen LogP contribution is 2.24. The van der Waals surface area contributed by atoms with Crippen molar-refractivity contribution in [2.45, 2.75) is 19.4 Å². The summed E-state index contributed by atoms with van der Waals surface area (Å²) in [6.07, 6.45) is 6.59. The van der Waals surface area contributed by atoms with E-state index in [4.69, 9.17) is 0 Å². The molecule has 3 aromatic heterocycles. The predicted octanol–water partition coefficient (Wildman–Crippen LogP) is 0.742. The summed E-state index contributed by atoms with van der Waals surface area (Å²) in [7, 11) is 1.88. The monoisotopic (exact) mass is 352 g/mol. The van der Waals surface area contributed by atoms with E-state index >= 15 is 0 Å². The minimum absolute atomic E-state index is 0.0570. The molecule has 2 atom stereocenters. The number of imidazole rings is 1. The number of hydrogen-bond acceptors (Lipinski definition) is 6. The smallest absolute Gasteiger partial charge is 0.256 e. The van der Waals surface area contributed by atoms with Crippen LogP contribution in [0.1, 0.15) is 21.9 Å². The standard InChI is InChI=1S/C18H20N6O2/c1-11-22-16-14(3-4-21-17(16)23(11)2)18(26)24-9-12(15(25)10-24)7-13-8-19-5-6-20-13/h3-6,8,12,15,25H,7,9-10H2,1-2H3/t12-,15-/m1/s1. The lowest BCUT2D eigenvalue weighted by Crippen LogP contribution is -2.29. The van der Waals surface area contributed by atoms with Crippen molar-refractivity contribution in [1.29, 1.82) is 0 Å². The summed E-state index contributed by atoms with van der Waals surface area (Å²) in [5.74, 6) is 0.615. The van der Waals surface area contributed by atoms with E-state index in [-0.39, 0.29) is 11.8 Å². The van der Waals surface area contributed by atoms with Crippen molar-refractivity contribution in [1.82, 2.24) is 29.4 Å². The zero-order valence-corrected chi connectivity index (χ0v) is 14.7. The lowest BCUT2D eigenvalue weighted by Gasteiger charge is -2.16. The Balaban J connectivity index is 1.57. The molecule has 3 aromatic rings. The van der Waals surface area contributed by atoms with Crippen LogP contribution in [0.4, 0.5) is 0 Å². The van der Waals surface area contributed by atoms with Gasteiger partial charge in [0.15, 0.2) is 5.65 Å². The number of amides is 1. The zero-order chi connectivity index (χ0) is 18.3. The molecule has 1 aliphatic heterocycles. The van der Waals surface area contributed by atoms with Crippen LogP contribution in [-0.2, 0) is 13.5 Å². The maximum Gasteiger partial charge on any atom is 0.256 e. The number of hydrogen-bond donors (Lipinski definition) is 1. The summed E-state index contributed by atoms with van der Waals surface area (Å²) in [6.45, 7) is 2.66. The first kappa shape index (κ1) is 16.6. The Morgan fingerprint density at radius 2 is 2.12 bits per heavy atom. The molecule has 0 spiro atoms. The van der Waals surface area contributed by atoms with Gasteiger partial charge in [-0.15, -0.1) is 0 Å². The van der Waals surface area contributed by atoms with E-state index in [1.807, 2.05) is 18.5 Å². The van der Waals surface area contributed by atoms with Crippen LogP contribution < -0.4 is 0 Å². The molecule has 1 saturated heterocycles. The first-order chi connectivity index (χ1) is 12.5. The Morgan fingerprint density at radius 1 is 1.27 bits per heavy atom. The van der Waals surface area contributed by atoms with Crippen LogP contribution in [0.3, 0.4) is 0 Å². The normalized spacial score (nSPS) is 20.0. The number of aryl methyl sites for hydroxylation is 2. The maximum absolute atomic E-state index is 13.0. The fourth-order valence-corrected chi connectivity index (χ4v) is 3.46. The number of likely N-dealkylation sites (tertiary alicyclic amines) is 1. The van der Waals surface area contributed by atoms with Crippen molar-refractivity contribution in [2.24, 2.45) is 13.0 Å². The molecule has 26 heavy (non-hydrogen) atoms. The Bertz CT molecular complexity index is 955. The van der Waals surface area contributed by atoms with Crippen LogP contribution in [0.15, 0.2) is 30.9 Å². The lowest BCUT2D eigenvalue weighted by molar-refractivity contribution is 0.0766. The predicted molar refractivity (Wildman–Crippen MR) is 94.4 cm³/mol. The molecule has 0 unspecified atom stereocenters. The number of fused-ring (bicyclic) bond motifs is 1. The number of nitrogens with zero attached hydrogens (tertiary/aromatic N) is 6. The largest absolute Gasteiger partial charge is 0.391 e. The molecule has 0 aromatic carbocycles. The van der Waals surface area contributed by atoms with E-state index in [0.717, 1.165) is 11.5 Å². The number of aromatic nitrogens is 5. The van der Waals surface area contributed by atoms with Crippen LogP contribution in [-0.4, -0.2) is 59.6 Å². The van der Waals surface area contributed by atoms with E-state index < -0.39 is 6.10 Å². The molecule has 1 N–H and O–H groups in total. The molecule has 1 aliphatic rings. The molecular formula is C18H20N6O2. The van der Waals surface area contributed by atoms with Gasteiger partial charge >= 0.3 is 0 Å². The van der Waals surface area contributed by atoms with Crippen molar-refractivity contribution in [3.05, 3.63) is 47.9 Å². The van der Waals surface area contributed by atoms with Gasteiger partial charge in [0.2, 0.25) is 0 Å². The molecule has 4 rings (SSSR count). The number of aliphatic hydroxyl groups is 1. The average molecular weight is 352 g/mol. The maximum atomic E-state index is 13.0. The van der Waals surface area contributed by atoms with Gasteiger partial charge in [0.25, 0.3) is 5.91 Å². The number of pyridine rings is 1. The number of carbonyl (C=O) groups is 1. The summed E-state index contributed by atoms with van der Waals surface area (Å²) in [5, 5.41) is 10.4. The fourth-order valence-electron chi connectivity index (χ4n) is 3.46. The van der Waals surface area contributed by atoms with Gasteiger partial charge in [0.1, 0.15) is 11.3 Å². The van der Waals surface area contributed by atoms with Gasteiger partial charge in [-0.05, 0) is 19.4 Å². The van der Waals surface area contributed by atoms with Gasteiger partial charge in [-0.25, -0.2) is 9.97 Å². The minimum atomic E-state index is -0.580. The van der Waals surface area contributed by atoms with Gasteiger partial charge < -0.3 is 14.6 Å². The highest BCUT2D eigenvalue weighted by Gasteiger charge is 2.35. The molecule has 1 amide bonds. The third kappa shape index (κ3) is 2.82. The average Bonchev–Trinajstić information content (AvgIpc) is 3.15. The first-order valence-electron chi connectivity index (χ1n) is 8.55.